The van der Waals surface area contributed by atoms with Crippen molar-refractivity contribution in [3.63, 3.8) is 0 Å². The van der Waals surface area contributed by atoms with Gasteiger partial charge in [-0.15, -0.1) is 0 Å². The molecule has 0 unspecified atom stereocenters. The first-order valence-corrected chi connectivity index (χ1v) is 5.32. The van der Waals surface area contributed by atoms with E-state index in [-0.39, 0.29) is 6.42 Å². The highest BCUT2D eigenvalue weighted by molar-refractivity contribution is 8.17. The quantitative estimate of drug-likeness (QED) is 0.602. The molecular formula is C6H6ClFO2S. The van der Waals surface area contributed by atoms with Crippen molar-refractivity contribution < 1.29 is 12.8 Å². The van der Waals surface area contributed by atoms with E-state index in [0.29, 0.717) is 6.42 Å². The van der Waals surface area contributed by atoms with Crippen molar-refractivity contribution in [2.45, 2.75) is 12.8 Å². The van der Waals surface area contributed by atoms with Crippen molar-refractivity contribution in [3.8, 4) is 0 Å². The number of hydrogen-bond acceptors (Lipinski definition) is 2. The van der Waals surface area contributed by atoms with E-state index >= 15 is 0 Å². The summed E-state index contributed by atoms with van der Waals surface area (Å²) in [6, 6.07) is 0. The Bertz CT molecular complexity index is 315. The number of rotatable bonds is 1. The maximum absolute atomic E-state index is 12.7. The Morgan fingerprint density at radius 3 is 2.55 bits per heavy atom. The van der Waals surface area contributed by atoms with Gasteiger partial charge in [0.05, 0.1) is 0 Å². The number of hydrogen-bond donors (Lipinski definition) is 0. The molecule has 1 rings (SSSR count). The summed E-state index contributed by atoms with van der Waals surface area (Å²) in [5.74, 6) is -0.650. The van der Waals surface area contributed by atoms with E-state index in [9.17, 15) is 12.8 Å². The minimum Gasteiger partial charge on any atom is -0.210 e. The fourth-order valence-electron chi connectivity index (χ4n) is 0.828. The van der Waals surface area contributed by atoms with Crippen LogP contribution in [0.2, 0.25) is 0 Å². The van der Waals surface area contributed by atoms with Crippen molar-refractivity contribution in [1.82, 2.24) is 0 Å². The van der Waals surface area contributed by atoms with Crippen LogP contribution in [0.25, 0.3) is 0 Å². The zero-order valence-electron chi connectivity index (χ0n) is 5.55. The first-order valence-electron chi connectivity index (χ1n) is 3.01. The van der Waals surface area contributed by atoms with Gasteiger partial charge in [-0.05, 0) is 12.5 Å². The lowest BCUT2D eigenvalue weighted by Gasteiger charge is -2.04. The summed E-state index contributed by atoms with van der Waals surface area (Å²) < 4.78 is 33.9. The molecule has 0 amide bonds. The summed E-state index contributed by atoms with van der Waals surface area (Å²) >= 11 is 0. The lowest BCUT2D eigenvalue weighted by atomic mass is 10.2. The fraction of sp³-hybridized carbons (Fsp3) is 0.333. The van der Waals surface area contributed by atoms with Crippen LogP contribution in [0.3, 0.4) is 0 Å². The third-order valence-electron chi connectivity index (χ3n) is 1.33. The van der Waals surface area contributed by atoms with E-state index in [1.54, 1.807) is 6.08 Å². The lowest BCUT2D eigenvalue weighted by Crippen LogP contribution is -1.98. The zero-order valence-corrected chi connectivity index (χ0v) is 7.12. The van der Waals surface area contributed by atoms with Gasteiger partial charge in [-0.3, -0.25) is 0 Å². The van der Waals surface area contributed by atoms with Gasteiger partial charge in [-0.2, -0.15) is 0 Å². The van der Waals surface area contributed by atoms with Gasteiger partial charge in [0.25, 0.3) is 9.05 Å². The Morgan fingerprint density at radius 2 is 2.18 bits per heavy atom. The first kappa shape index (κ1) is 8.74. The Kier molecular flexibility index (Phi) is 2.34. The van der Waals surface area contributed by atoms with Crippen LogP contribution in [0.4, 0.5) is 4.39 Å². The summed E-state index contributed by atoms with van der Waals surface area (Å²) in [6.45, 7) is 0. The second-order valence-electron chi connectivity index (χ2n) is 2.15. The molecule has 1 aliphatic carbocycles. The van der Waals surface area contributed by atoms with E-state index in [2.05, 4.69) is 0 Å². The van der Waals surface area contributed by atoms with Crippen LogP contribution in [0.5, 0.6) is 0 Å². The van der Waals surface area contributed by atoms with Crippen molar-refractivity contribution >= 4 is 19.7 Å². The summed E-state index contributed by atoms with van der Waals surface area (Å²) in [5, 5.41) is 0. The summed E-state index contributed by atoms with van der Waals surface area (Å²) in [7, 11) is 1.04. The number of halogens is 2. The predicted octanol–water partition coefficient (Wildman–Crippen LogP) is 2.09. The molecule has 11 heavy (non-hydrogen) atoms. The van der Waals surface area contributed by atoms with Crippen LogP contribution in [0.15, 0.2) is 22.9 Å². The maximum Gasteiger partial charge on any atom is 0.263 e. The van der Waals surface area contributed by atoms with Gasteiger partial charge >= 0.3 is 0 Å². The van der Waals surface area contributed by atoms with Crippen LogP contribution in [0.1, 0.15) is 12.8 Å². The number of allylic oxidation sites excluding steroid dienone is 3. The zero-order chi connectivity index (χ0) is 8.48. The smallest absolute Gasteiger partial charge is 0.210 e. The third-order valence-corrected chi connectivity index (χ3v) is 2.71. The lowest BCUT2D eigenvalue weighted by molar-refractivity contribution is 0.577. The first-order chi connectivity index (χ1) is 5.02. The van der Waals surface area contributed by atoms with Gasteiger partial charge in [0.15, 0.2) is 0 Å². The van der Waals surface area contributed by atoms with E-state index in [4.69, 9.17) is 10.7 Å². The van der Waals surface area contributed by atoms with E-state index in [1.807, 2.05) is 0 Å². The van der Waals surface area contributed by atoms with Gasteiger partial charge in [0, 0.05) is 17.1 Å². The Morgan fingerprint density at radius 1 is 1.55 bits per heavy atom. The van der Waals surface area contributed by atoms with Gasteiger partial charge in [0.2, 0.25) is 0 Å². The third kappa shape index (κ3) is 2.04. The van der Waals surface area contributed by atoms with Crippen molar-refractivity contribution in [2.24, 2.45) is 0 Å². The molecular weight excluding hydrogens is 191 g/mol. The molecule has 0 spiro atoms. The molecule has 0 aromatic rings. The maximum atomic E-state index is 12.7. The highest BCUT2D eigenvalue weighted by atomic mass is 35.7. The van der Waals surface area contributed by atoms with Crippen LogP contribution < -0.4 is 0 Å². The molecule has 0 aromatic carbocycles. The normalized spacial score (nSPS) is 19.1. The highest BCUT2D eigenvalue weighted by Gasteiger charge is 2.18. The summed E-state index contributed by atoms with van der Waals surface area (Å²) in [4.78, 5) is -0.398. The Hall–Kier alpha value is -0.350. The van der Waals surface area contributed by atoms with Gasteiger partial charge in [-0.25, -0.2) is 12.8 Å². The monoisotopic (exact) mass is 196 g/mol. The second-order valence-corrected chi connectivity index (χ2v) is 4.68. The predicted molar refractivity (Wildman–Crippen MR) is 41.3 cm³/mol. The molecule has 0 heterocycles. The molecule has 0 aliphatic heterocycles. The summed E-state index contributed by atoms with van der Waals surface area (Å²) in [5.41, 5.74) is 0. The van der Waals surface area contributed by atoms with Crippen LogP contribution in [-0.2, 0) is 9.05 Å². The van der Waals surface area contributed by atoms with E-state index in [1.165, 1.54) is 6.08 Å². The van der Waals surface area contributed by atoms with Crippen LogP contribution >= 0.6 is 10.7 Å². The molecule has 0 N–H and O–H groups in total. The topological polar surface area (TPSA) is 34.1 Å². The standard InChI is InChI=1S/C6H6ClFO2S/c7-11(9,10)6-4-2-1-3-5(6)8/h2,4H,1,3H2. The molecule has 2 nitrogen and oxygen atoms in total. The molecule has 0 fully saturated rings. The van der Waals surface area contributed by atoms with E-state index in [0.717, 1.165) is 0 Å². The minimum atomic E-state index is -3.89. The van der Waals surface area contributed by atoms with Crippen LogP contribution in [0, 0.1) is 0 Å². The minimum absolute atomic E-state index is 0.123. The van der Waals surface area contributed by atoms with Crippen molar-refractivity contribution in [3.05, 3.63) is 22.9 Å². The highest BCUT2D eigenvalue weighted by Crippen LogP contribution is 2.26. The summed E-state index contributed by atoms with van der Waals surface area (Å²) in [6.07, 6.45) is 3.43. The average Bonchev–Trinajstić information content (AvgIpc) is 1.86. The Balaban J connectivity index is 3.13. The Labute approximate surface area is 68.8 Å². The van der Waals surface area contributed by atoms with Gasteiger partial charge in [0.1, 0.15) is 10.7 Å². The molecule has 0 radical (unpaired) electrons. The van der Waals surface area contributed by atoms with Gasteiger partial charge in [-0.1, -0.05) is 6.08 Å². The second kappa shape index (κ2) is 2.95. The van der Waals surface area contributed by atoms with E-state index < -0.39 is 19.8 Å². The molecule has 0 atom stereocenters. The molecule has 1 aliphatic rings. The fourth-order valence-corrected chi connectivity index (χ4v) is 1.86. The largest absolute Gasteiger partial charge is 0.263 e. The molecule has 62 valence electrons. The SMILES string of the molecule is O=S(=O)(Cl)C1=C(F)CCC=C1. The van der Waals surface area contributed by atoms with Crippen LogP contribution in [-0.4, -0.2) is 8.42 Å². The van der Waals surface area contributed by atoms with Crippen molar-refractivity contribution in [2.75, 3.05) is 0 Å². The molecule has 5 heteroatoms. The van der Waals surface area contributed by atoms with Gasteiger partial charge < -0.3 is 0 Å². The molecule has 0 aromatic heterocycles. The molecule has 0 bridgehead atoms. The molecule has 0 saturated heterocycles. The van der Waals surface area contributed by atoms with Crippen molar-refractivity contribution in [1.29, 1.82) is 0 Å². The average molecular weight is 197 g/mol. The molecule has 0 saturated carbocycles.